The lowest BCUT2D eigenvalue weighted by molar-refractivity contribution is -0.143. The van der Waals surface area contributed by atoms with Crippen molar-refractivity contribution in [3.63, 3.8) is 0 Å². The Morgan fingerprint density at radius 3 is 1.03 bits per heavy atom. The van der Waals surface area contributed by atoms with E-state index in [1.807, 2.05) is 6.08 Å². The highest BCUT2D eigenvalue weighted by molar-refractivity contribution is 5.76. The van der Waals surface area contributed by atoms with Crippen molar-refractivity contribution < 1.29 is 24.5 Å². The van der Waals surface area contributed by atoms with Crippen molar-refractivity contribution in [3.05, 3.63) is 48.6 Å². The predicted molar refractivity (Wildman–Crippen MR) is 338 cm³/mol. The molecule has 2 unspecified atom stereocenters. The molecule has 3 N–H and O–H groups in total. The first-order valence-electron chi connectivity index (χ1n) is 34.4. The van der Waals surface area contributed by atoms with Gasteiger partial charge in [0.05, 0.1) is 25.4 Å². The lowest BCUT2D eigenvalue weighted by Crippen LogP contribution is -2.45. The van der Waals surface area contributed by atoms with Crippen molar-refractivity contribution in [1.82, 2.24) is 5.32 Å². The maximum absolute atomic E-state index is 12.5. The molecule has 0 aromatic carbocycles. The third-order valence-electron chi connectivity index (χ3n) is 15.8. The Balaban J connectivity index is 3.47. The predicted octanol–water partition coefficient (Wildman–Crippen LogP) is 22.1. The number of esters is 1. The van der Waals surface area contributed by atoms with E-state index in [1.165, 1.54) is 276 Å². The van der Waals surface area contributed by atoms with Crippen LogP contribution >= 0.6 is 0 Å². The van der Waals surface area contributed by atoms with Crippen molar-refractivity contribution in [3.8, 4) is 0 Å². The molecule has 0 aliphatic heterocycles. The highest BCUT2D eigenvalue weighted by Gasteiger charge is 2.18. The summed E-state index contributed by atoms with van der Waals surface area (Å²) < 4.78 is 5.49. The summed E-state index contributed by atoms with van der Waals surface area (Å²) in [4.78, 5) is 24.6. The van der Waals surface area contributed by atoms with Gasteiger partial charge < -0.3 is 20.3 Å². The van der Waals surface area contributed by atoms with Gasteiger partial charge in [-0.15, -0.1) is 0 Å². The van der Waals surface area contributed by atoms with E-state index in [-0.39, 0.29) is 18.5 Å². The highest BCUT2D eigenvalue weighted by atomic mass is 16.5. The summed E-state index contributed by atoms with van der Waals surface area (Å²) in [6, 6.07) is -0.638. The van der Waals surface area contributed by atoms with Gasteiger partial charge in [-0.25, -0.2) is 0 Å². The number of amides is 1. The molecular weight excluding hydrogens is 947 g/mol. The highest BCUT2D eigenvalue weighted by Crippen LogP contribution is 2.18. The Kier molecular flexibility index (Phi) is 64.5. The van der Waals surface area contributed by atoms with Gasteiger partial charge in [0.25, 0.3) is 0 Å². The topological polar surface area (TPSA) is 95.9 Å². The molecule has 6 heteroatoms. The van der Waals surface area contributed by atoms with E-state index in [2.05, 4.69) is 55.6 Å². The van der Waals surface area contributed by atoms with Crippen LogP contribution in [0.15, 0.2) is 48.6 Å². The fourth-order valence-electron chi connectivity index (χ4n) is 10.5. The van der Waals surface area contributed by atoms with Crippen LogP contribution in [0, 0.1) is 0 Å². The average Bonchev–Trinajstić information content (AvgIpc) is 3.43. The summed E-state index contributed by atoms with van der Waals surface area (Å²) in [5, 5.41) is 23.3. The van der Waals surface area contributed by atoms with Gasteiger partial charge in [-0.1, -0.05) is 313 Å². The first kappa shape index (κ1) is 74.8. The molecule has 0 saturated carbocycles. The van der Waals surface area contributed by atoms with Crippen LogP contribution in [0.1, 0.15) is 367 Å². The summed E-state index contributed by atoms with van der Waals surface area (Å²) in [5.74, 6) is -0.0790. The number of allylic oxidation sites excluding steroid dienone is 7. The summed E-state index contributed by atoms with van der Waals surface area (Å²) in [5.41, 5.74) is 0. The van der Waals surface area contributed by atoms with Crippen molar-refractivity contribution in [1.29, 1.82) is 0 Å². The fourth-order valence-corrected chi connectivity index (χ4v) is 10.5. The molecule has 0 spiro atoms. The van der Waals surface area contributed by atoms with Gasteiger partial charge in [0.2, 0.25) is 5.91 Å². The van der Waals surface area contributed by atoms with Crippen LogP contribution in [0.2, 0.25) is 0 Å². The number of unbranched alkanes of at least 4 members (excludes halogenated alkanes) is 47. The van der Waals surface area contributed by atoms with Crippen LogP contribution in [0.3, 0.4) is 0 Å². The maximum Gasteiger partial charge on any atom is 0.305 e. The maximum atomic E-state index is 12.5. The number of aliphatic hydroxyl groups excluding tert-OH is 2. The van der Waals surface area contributed by atoms with Crippen molar-refractivity contribution >= 4 is 11.9 Å². The molecule has 0 saturated heterocycles. The van der Waals surface area contributed by atoms with E-state index in [1.54, 1.807) is 6.08 Å². The number of carbonyl (C=O) groups is 2. The minimum absolute atomic E-state index is 0.00425. The Morgan fingerprint density at radius 2 is 0.649 bits per heavy atom. The molecule has 0 heterocycles. The zero-order valence-electron chi connectivity index (χ0n) is 51.7. The Bertz CT molecular complexity index is 1290. The molecule has 0 fully saturated rings. The molecule has 0 aliphatic carbocycles. The number of carbonyl (C=O) groups excluding carboxylic acids is 2. The summed E-state index contributed by atoms with van der Waals surface area (Å²) in [6.07, 6.45) is 86.0. The minimum atomic E-state index is -0.853. The average molecular weight is 1080 g/mol. The molecule has 1 amide bonds. The molecule has 6 nitrogen and oxygen atoms in total. The number of nitrogens with one attached hydrogen (secondary N) is 1. The number of rotatable bonds is 64. The van der Waals surface area contributed by atoms with Crippen molar-refractivity contribution in [2.24, 2.45) is 0 Å². The molecule has 0 aromatic rings. The Labute approximate surface area is 480 Å². The van der Waals surface area contributed by atoms with Crippen LogP contribution in [-0.2, 0) is 14.3 Å². The van der Waals surface area contributed by atoms with Crippen LogP contribution in [0.5, 0.6) is 0 Å². The molecule has 2 atom stereocenters. The van der Waals surface area contributed by atoms with Crippen molar-refractivity contribution in [2.75, 3.05) is 13.2 Å². The minimum Gasteiger partial charge on any atom is -0.466 e. The summed E-state index contributed by atoms with van der Waals surface area (Å²) in [6.45, 7) is 4.89. The van der Waals surface area contributed by atoms with E-state index in [9.17, 15) is 19.8 Å². The second-order valence-electron chi connectivity index (χ2n) is 23.5. The van der Waals surface area contributed by atoms with Gasteiger partial charge in [0, 0.05) is 12.8 Å². The van der Waals surface area contributed by atoms with Crippen LogP contribution < -0.4 is 5.32 Å². The van der Waals surface area contributed by atoms with Gasteiger partial charge in [0.1, 0.15) is 0 Å². The first-order chi connectivity index (χ1) is 38.0. The van der Waals surface area contributed by atoms with Crippen LogP contribution in [-0.4, -0.2) is 47.4 Å². The largest absolute Gasteiger partial charge is 0.466 e. The second kappa shape index (κ2) is 66.3. The second-order valence-corrected chi connectivity index (χ2v) is 23.5. The van der Waals surface area contributed by atoms with E-state index in [4.69, 9.17) is 4.74 Å². The first-order valence-corrected chi connectivity index (χ1v) is 34.4. The molecule has 452 valence electrons. The SMILES string of the molecule is CCCCC/C=C\C/C=C\CCCCCCCCCC(=O)OCCCCCCCCCC/C=C\CCCCCCCCCC(=O)NC(CO)C(O)/C=C/CCCCCCCCCCCCCCCCCCCCCCCC. The molecule has 0 aromatic heterocycles. The van der Waals surface area contributed by atoms with Gasteiger partial charge in [-0.2, -0.15) is 0 Å². The fraction of sp³-hybridized carbons (Fsp3) is 0.859. The number of ether oxygens (including phenoxy) is 1. The van der Waals surface area contributed by atoms with Gasteiger partial charge >= 0.3 is 5.97 Å². The number of hydrogen-bond acceptors (Lipinski definition) is 5. The molecular formula is C71H133NO5. The van der Waals surface area contributed by atoms with Crippen molar-refractivity contribution in [2.45, 2.75) is 379 Å². The standard InChI is InChI=1S/C71H133NO5/c1-3-5-7-9-11-13-15-17-19-21-22-23-24-25-26-28-32-35-39-43-47-51-55-59-63-69(74)68(67-73)72-70(75)64-60-56-52-48-44-40-36-33-29-27-30-34-38-42-46-50-54-58-62-66-77-71(76)65-61-57-53-49-45-41-37-31-20-18-16-14-12-10-8-6-4-2/h12,14,18,20,27,29,59,63,68-69,73-74H,3-11,13,15-17,19,21-26,28,30-58,60-62,64-67H2,1-2H3,(H,72,75)/b14-12-,20-18-,29-27-,63-59+. The molecule has 0 aliphatic rings. The normalized spacial score (nSPS) is 12.8. The monoisotopic (exact) mass is 1080 g/mol. The lowest BCUT2D eigenvalue weighted by atomic mass is 10.0. The van der Waals surface area contributed by atoms with Crippen LogP contribution in [0.25, 0.3) is 0 Å². The smallest absolute Gasteiger partial charge is 0.305 e. The van der Waals surface area contributed by atoms with Gasteiger partial charge in [-0.05, 0) is 89.9 Å². The molecule has 0 rings (SSSR count). The molecule has 0 bridgehead atoms. The molecule has 77 heavy (non-hydrogen) atoms. The Morgan fingerprint density at radius 1 is 0.364 bits per heavy atom. The quantitative estimate of drug-likeness (QED) is 0.0320. The van der Waals surface area contributed by atoms with E-state index in [0.29, 0.717) is 19.4 Å². The van der Waals surface area contributed by atoms with Crippen LogP contribution in [0.4, 0.5) is 0 Å². The number of aliphatic hydroxyl groups is 2. The van der Waals surface area contributed by atoms with E-state index in [0.717, 1.165) is 64.2 Å². The number of hydrogen-bond donors (Lipinski definition) is 3. The zero-order valence-corrected chi connectivity index (χ0v) is 51.7. The molecule has 0 radical (unpaired) electrons. The van der Waals surface area contributed by atoms with Gasteiger partial charge in [0.15, 0.2) is 0 Å². The summed E-state index contributed by atoms with van der Waals surface area (Å²) in [7, 11) is 0. The van der Waals surface area contributed by atoms with E-state index >= 15 is 0 Å². The summed E-state index contributed by atoms with van der Waals surface area (Å²) >= 11 is 0. The third-order valence-corrected chi connectivity index (χ3v) is 15.8. The Hall–Kier alpha value is -2.18. The lowest BCUT2D eigenvalue weighted by Gasteiger charge is -2.20. The third kappa shape index (κ3) is 62.9. The zero-order chi connectivity index (χ0) is 55.7. The van der Waals surface area contributed by atoms with E-state index < -0.39 is 12.1 Å². The van der Waals surface area contributed by atoms with Gasteiger partial charge in [-0.3, -0.25) is 9.59 Å².